The van der Waals surface area contributed by atoms with Gasteiger partial charge in [0.2, 0.25) is 0 Å². The summed E-state index contributed by atoms with van der Waals surface area (Å²) in [7, 11) is -3.55. The molecule has 9 heteroatoms. The third kappa shape index (κ3) is 8.75. The monoisotopic (exact) mass is 452 g/mol. The maximum atomic E-state index is 12.0. The Labute approximate surface area is 183 Å². The largest absolute Gasteiger partial charge is 0.493 e. The molecule has 0 aliphatic rings. The van der Waals surface area contributed by atoms with Crippen LogP contribution in [-0.2, 0) is 19.6 Å². The maximum Gasteiger partial charge on any atom is 0.349 e. The molecule has 2 aromatic carbocycles. The Hall–Kier alpha value is -2.94. The van der Waals surface area contributed by atoms with E-state index < -0.39 is 21.7 Å². The standard InChI is InChI=1S/C22H28O8S/c1-5-26-21(23)22(2,3)29-20-9-6-8-19(16-20)28-15-7-14-27-17-10-12-18(13-11-17)30-31(4,24)25/h6,8-13,16H,5,7,14-15H2,1-4H3. The predicted octanol–water partition coefficient (Wildman–Crippen LogP) is 3.59. The Morgan fingerprint density at radius 2 is 1.48 bits per heavy atom. The third-order valence-electron chi connectivity index (χ3n) is 3.84. The lowest BCUT2D eigenvalue weighted by molar-refractivity contribution is -0.158. The van der Waals surface area contributed by atoms with Crippen LogP contribution in [-0.4, -0.2) is 46.1 Å². The molecule has 0 atom stereocenters. The van der Waals surface area contributed by atoms with Gasteiger partial charge in [0, 0.05) is 12.5 Å². The van der Waals surface area contributed by atoms with Gasteiger partial charge in [-0.1, -0.05) is 6.07 Å². The van der Waals surface area contributed by atoms with Crippen LogP contribution >= 0.6 is 0 Å². The molecule has 0 heterocycles. The number of benzene rings is 2. The first-order valence-electron chi connectivity index (χ1n) is 9.80. The Balaban J connectivity index is 1.76. The van der Waals surface area contributed by atoms with Crippen LogP contribution in [0.5, 0.6) is 23.0 Å². The summed E-state index contributed by atoms with van der Waals surface area (Å²) in [6, 6.07) is 13.3. The highest BCUT2D eigenvalue weighted by Crippen LogP contribution is 2.24. The van der Waals surface area contributed by atoms with Crippen molar-refractivity contribution in [1.82, 2.24) is 0 Å². The molecule has 0 fully saturated rings. The lowest BCUT2D eigenvalue weighted by atomic mass is 10.1. The fraction of sp³-hybridized carbons (Fsp3) is 0.409. The Bertz CT molecular complexity index is 952. The second kappa shape index (κ2) is 10.9. The summed E-state index contributed by atoms with van der Waals surface area (Å²) in [5, 5.41) is 0. The van der Waals surface area contributed by atoms with E-state index in [1.807, 2.05) is 0 Å². The van der Waals surface area contributed by atoms with Crippen LogP contribution in [0.15, 0.2) is 48.5 Å². The summed E-state index contributed by atoms with van der Waals surface area (Å²) >= 11 is 0. The van der Waals surface area contributed by atoms with Crippen molar-refractivity contribution < 1.29 is 36.3 Å². The van der Waals surface area contributed by atoms with Gasteiger partial charge in [0.15, 0.2) is 5.60 Å². The molecular weight excluding hydrogens is 424 g/mol. The van der Waals surface area contributed by atoms with Crippen LogP contribution in [0.4, 0.5) is 0 Å². The second-order valence-corrected chi connectivity index (χ2v) is 8.69. The van der Waals surface area contributed by atoms with Crippen LogP contribution < -0.4 is 18.4 Å². The van der Waals surface area contributed by atoms with E-state index >= 15 is 0 Å². The van der Waals surface area contributed by atoms with E-state index in [0.29, 0.717) is 36.9 Å². The van der Waals surface area contributed by atoms with Crippen molar-refractivity contribution in [3.05, 3.63) is 48.5 Å². The zero-order chi connectivity index (χ0) is 22.9. The average Bonchev–Trinajstić information content (AvgIpc) is 2.68. The fourth-order valence-corrected chi connectivity index (χ4v) is 2.93. The zero-order valence-corrected chi connectivity index (χ0v) is 18.9. The van der Waals surface area contributed by atoms with Gasteiger partial charge in [-0.05, 0) is 57.2 Å². The molecule has 8 nitrogen and oxygen atoms in total. The Morgan fingerprint density at radius 3 is 2.10 bits per heavy atom. The van der Waals surface area contributed by atoms with E-state index in [1.165, 1.54) is 12.1 Å². The minimum absolute atomic E-state index is 0.228. The molecule has 170 valence electrons. The van der Waals surface area contributed by atoms with Crippen LogP contribution in [0.3, 0.4) is 0 Å². The first-order chi connectivity index (χ1) is 14.6. The minimum atomic E-state index is -3.55. The van der Waals surface area contributed by atoms with Gasteiger partial charge in [-0.3, -0.25) is 0 Å². The molecule has 0 radical (unpaired) electrons. The van der Waals surface area contributed by atoms with Crippen molar-refractivity contribution in [3.63, 3.8) is 0 Å². The number of hydrogen-bond acceptors (Lipinski definition) is 8. The molecule has 31 heavy (non-hydrogen) atoms. The third-order valence-corrected chi connectivity index (χ3v) is 4.34. The number of carbonyl (C=O) groups is 1. The summed E-state index contributed by atoms with van der Waals surface area (Å²) in [6.45, 7) is 6.16. The molecule has 2 aromatic rings. The van der Waals surface area contributed by atoms with Crippen molar-refractivity contribution in [1.29, 1.82) is 0 Å². The molecule has 0 spiro atoms. The number of rotatable bonds is 12. The Kier molecular flexibility index (Phi) is 8.56. The highest BCUT2D eigenvalue weighted by molar-refractivity contribution is 7.86. The summed E-state index contributed by atoms with van der Waals surface area (Å²) < 4.78 is 49.1. The van der Waals surface area contributed by atoms with E-state index in [9.17, 15) is 13.2 Å². The molecular formula is C22H28O8S. The fourth-order valence-electron chi connectivity index (χ4n) is 2.47. The quantitative estimate of drug-likeness (QED) is 0.274. The van der Waals surface area contributed by atoms with Gasteiger partial charge in [-0.2, -0.15) is 8.42 Å². The van der Waals surface area contributed by atoms with Gasteiger partial charge in [-0.25, -0.2) is 4.79 Å². The molecule has 0 aliphatic carbocycles. The van der Waals surface area contributed by atoms with Gasteiger partial charge in [0.1, 0.15) is 23.0 Å². The molecule has 0 aliphatic heterocycles. The summed E-state index contributed by atoms with van der Waals surface area (Å²) in [5.74, 6) is 1.50. The first kappa shape index (κ1) is 24.3. The normalized spacial score (nSPS) is 11.5. The summed E-state index contributed by atoms with van der Waals surface area (Å²) in [5.41, 5.74) is -1.11. The second-order valence-electron chi connectivity index (χ2n) is 7.12. The Morgan fingerprint density at radius 1 is 0.903 bits per heavy atom. The van der Waals surface area contributed by atoms with Gasteiger partial charge >= 0.3 is 16.1 Å². The van der Waals surface area contributed by atoms with Gasteiger partial charge < -0.3 is 23.1 Å². The van der Waals surface area contributed by atoms with E-state index in [1.54, 1.807) is 57.2 Å². The van der Waals surface area contributed by atoms with Crippen molar-refractivity contribution in [2.24, 2.45) is 0 Å². The number of esters is 1. The SMILES string of the molecule is CCOC(=O)C(C)(C)Oc1cccc(OCCCOc2ccc(OS(C)(=O)=O)cc2)c1. The van der Waals surface area contributed by atoms with Crippen molar-refractivity contribution in [2.75, 3.05) is 26.1 Å². The number of hydrogen-bond donors (Lipinski definition) is 0. The van der Waals surface area contributed by atoms with Crippen molar-refractivity contribution in [2.45, 2.75) is 32.8 Å². The number of carbonyl (C=O) groups excluding carboxylic acids is 1. The molecule has 0 amide bonds. The minimum Gasteiger partial charge on any atom is -0.493 e. The topological polar surface area (TPSA) is 97.4 Å². The average molecular weight is 453 g/mol. The summed E-state index contributed by atoms with van der Waals surface area (Å²) in [6.07, 6.45) is 1.61. The molecule has 0 saturated heterocycles. The predicted molar refractivity (Wildman–Crippen MR) is 115 cm³/mol. The van der Waals surface area contributed by atoms with Crippen LogP contribution in [0.25, 0.3) is 0 Å². The first-order valence-corrected chi connectivity index (χ1v) is 11.6. The highest BCUT2D eigenvalue weighted by atomic mass is 32.2. The van der Waals surface area contributed by atoms with E-state index in [-0.39, 0.29) is 12.4 Å². The van der Waals surface area contributed by atoms with Crippen LogP contribution in [0.1, 0.15) is 27.2 Å². The maximum absolute atomic E-state index is 12.0. The lowest BCUT2D eigenvalue weighted by Crippen LogP contribution is -2.39. The zero-order valence-electron chi connectivity index (χ0n) is 18.1. The van der Waals surface area contributed by atoms with E-state index in [0.717, 1.165) is 6.26 Å². The van der Waals surface area contributed by atoms with E-state index in [2.05, 4.69) is 0 Å². The smallest absolute Gasteiger partial charge is 0.349 e. The molecule has 0 saturated carbocycles. The van der Waals surface area contributed by atoms with Crippen molar-refractivity contribution in [3.8, 4) is 23.0 Å². The lowest BCUT2D eigenvalue weighted by Gasteiger charge is -2.24. The highest BCUT2D eigenvalue weighted by Gasteiger charge is 2.31. The van der Waals surface area contributed by atoms with Gasteiger partial charge in [-0.15, -0.1) is 0 Å². The molecule has 0 aromatic heterocycles. The molecule has 0 N–H and O–H groups in total. The van der Waals surface area contributed by atoms with Gasteiger partial charge in [0.05, 0.1) is 26.1 Å². The van der Waals surface area contributed by atoms with E-state index in [4.69, 9.17) is 23.1 Å². The van der Waals surface area contributed by atoms with Crippen molar-refractivity contribution >= 4 is 16.1 Å². The summed E-state index contributed by atoms with van der Waals surface area (Å²) in [4.78, 5) is 12.0. The van der Waals surface area contributed by atoms with Crippen LogP contribution in [0, 0.1) is 0 Å². The molecule has 2 rings (SSSR count). The van der Waals surface area contributed by atoms with Gasteiger partial charge in [0.25, 0.3) is 0 Å². The number of ether oxygens (including phenoxy) is 4. The molecule has 0 unspecified atom stereocenters. The molecule has 0 bridgehead atoms. The van der Waals surface area contributed by atoms with Crippen LogP contribution in [0.2, 0.25) is 0 Å².